The highest BCUT2D eigenvalue weighted by Gasteiger charge is 2.35. The largest absolute Gasteiger partial charge is 0.304 e. The monoisotopic (exact) mass is 405 g/mol. The molecule has 0 amide bonds. The zero-order chi connectivity index (χ0) is 18.5. The van der Waals surface area contributed by atoms with Gasteiger partial charge in [-0.1, -0.05) is 29.8 Å². The lowest BCUT2D eigenvalue weighted by Crippen LogP contribution is -2.38. The Balaban J connectivity index is 1.86. The van der Waals surface area contributed by atoms with Crippen LogP contribution in [0.15, 0.2) is 47.9 Å². The minimum absolute atomic E-state index is 0.298. The number of sulfonamides is 1. The van der Waals surface area contributed by atoms with Crippen molar-refractivity contribution in [3.05, 3.63) is 69.0 Å². The van der Waals surface area contributed by atoms with Gasteiger partial charge in [-0.3, -0.25) is 0 Å². The molecule has 3 aromatic rings. The van der Waals surface area contributed by atoms with Crippen LogP contribution in [0.5, 0.6) is 0 Å². The van der Waals surface area contributed by atoms with E-state index in [1.165, 1.54) is 22.0 Å². The number of hydrogen-bond donors (Lipinski definition) is 1. The summed E-state index contributed by atoms with van der Waals surface area (Å²) in [5.74, 6) is 0. The van der Waals surface area contributed by atoms with Crippen molar-refractivity contribution in [1.82, 2.24) is 14.8 Å². The minimum Gasteiger partial charge on any atom is -0.304 e. The number of nitrogens with one attached hydrogen (secondary N) is 1. The van der Waals surface area contributed by atoms with Gasteiger partial charge in [0, 0.05) is 10.9 Å². The fourth-order valence-corrected chi connectivity index (χ4v) is 4.81. The average Bonchev–Trinajstić information content (AvgIpc) is 3.23. The topological polar surface area (TPSA) is 62.3 Å². The summed E-state index contributed by atoms with van der Waals surface area (Å²) in [5, 5.41) is 3.16. The molecule has 0 unspecified atom stereocenters. The second-order valence-corrected chi connectivity index (χ2v) is 9.40. The fourth-order valence-electron chi connectivity index (χ4n) is 3.00. The van der Waals surface area contributed by atoms with Crippen molar-refractivity contribution in [2.75, 3.05) is 6.26 Å². The van der Waals surface area contributed by atoms with E-state index in [0.717, 1.165) is 27.0 Å². The summed E-state index contributed by atoms with van der Waals surface area (Å²) in [6.45, 7) is 1.99. The summed E-state index contributed by atoms with van der Waals surface area (Å²) >= 11 is 7.97. The molecule has 1 aliphatic rings. The lowest BCUT2D eigenvalue weighted by Gasteiger charge is -2.23. The molecule has 1 aliphatic heterocycles. The van der Waals surface area contributed by atoms with Gasteiger partial charge in [0.05, 0.1) is 28.4 Å². The summed E-state index contributed by atoms with van der Waals surface area (Å²) < 4.78 is 25.9. The molecule has 4 rings (SSSR count). The molecule has 8 heteroatoms. The van der Waals surface area contributed by atoms with Gasteiger partial charge in [-0.25, -0.2) is 13.4 Å². The van der Waals surface area contributed by atoms with Crippen LogP contribution in [0.25, 0.3) is 16.6 Å². The SMILES string of the molecule is Cc1ccc2cc([C@@H]3C=C(c4cccs4)NN3S(C)(=O)=O)c(Cl)nc2c1. The average molecular weight is 406 g/mol. The van der Waals surface area contributed by atoms with Crippen LogP contribution in [0.4, 0.5) is 0 Å². The van der Waals surface area contributed by atoms with Crippen LogP contribution in [0.3, 0.4) is 0 Å². The Morgan fingerprint density at radius 2 is 2.08 bits per heavy atom. The van der Waals surface area contributed by atoms with Gasteiger partial charge in [0.25, 0.3) is 0 Å². The van der Waals surface area contributed by atoms with Crippen molar-refractivity contribution in [3.63, 3.8) is 0 Å². The highest BCUT2D eigenvalue weighted by molar-refractivity contribution is 7.88. The molecule has 3 heterocycles. The molecule has 0 aliphatic carbocycles. The normalized spacial score (nSPS) is 18.1. The number of thiophene rings is 1. The Morgan fingerprint density at radius 3 is 2.77 bits per heavy atom. The van der Waals surface area contributed by atoms with E-state index in [-0.39, 0.29) is 0 Å². The van der Waals surface area contributed by atoms with E-state index in [2.05, 4.69) is 10.4 Å². The zero-order valence-electron chi connectivity index (χ0n) is 14.1. The number of halogens is 1. The van der Waals surface area contributed by atoms with Crippen LogP contribution < -0.4 is 5.43 Å². The molecule has 0 saturated carbocycles. The van der Waals surface area contributed by atoms with Gasteiger partial charge in [0.1, 0.15) is 5.15 Å². The van der Waals surface area contributed by atoms with E-state index >= 15 is 0 Å². The quantitative estimate of drug-likeness (QED) is 0.666. The highest BCUT2D eigenvalue weighted by atomic mass is 35.5. The molecule has 26 heavy (non-hydrogen) atoms. The number of rotatable bonds is 3. The molecular formula is C18H16ClN3O2S2. The van der Waals surface area contributed by atoms with E-state index in [9.17, 15) is 8.42 Å². The first kappa shape index (κ1) is 17.5. The number of nitrogens with zero attached hydrogens (tertiary/aromatic N) is 2. The van der Waals surface area contributed by atoms with E-state index in [1.807, 2.05) is 54.8 Å². The lowest BCUT2D eigenvalue weighted by atomic mass is 10.1. The third-order valence-electron chi connectivity index (χ3n) is 4.22. The molecule has 5 nitrogen and oxygen atoms in total. The second-order valence-electron chi connectivity index (χ2n) is 6.24. The summed E-state index contributed by atoms with van der Waals surface area (Å²) in [6, 6.07) is 11.1. The molecule has 0 fully saturated rings. The zero-order valence-corrected chi connectivity index (χ0v) is 16.5. The van der Waals surface area contributed by atoms with Crippen molar-refractivity contribution in [2.24, 2.45) is 0 Å². The first-order valence-corrected chi connectivity index (χ1v) is 11.0. The van der Waals surface area contributed by atoms with Crippen molar-refractivity contribution < 1.29 is 8.42 Å². The first-order chi connectivity index (χ1) is 12.3. The Morgan fingerprint density at radius 1 is 1.27 bits per heavy atom. The molecule has 1 atom stereocenters. The third-order valence-corrected chi connectivity index (χ3v) is 6.46. The maximum Gasteiger partial charge on any atom is 0.228 e. The van der Waals surface area contributed by atoms with E-state index < -0.39 is 16.1 Å². The number of pyridine rings is 1. The third kappa shape index (κ3) is 3.12. The molecule has 0 saturated heterocycles. The lowest BCUT2D eigenvalue weighted by molar-refractivity contribution is 0.351. The predicted octanol–water partition coefficient (Wildman–Crippen LogP) is 4.12. The predicted molar refractivity (Wildman–Crippen MR) is 106 cm³/mol. The molecule has 134 valence electrons. The molecular weight excluding hydrogens is 390 g/mol. The summed E-state index contributed by atoms with van der Waals surface area (Å²) in [7, 11) is -3.51. The van der Waals surface area contributed by atoms with E-state index in [0.29, 0.717) is 10.7 Å². The maximum atomic E-state index is 12.3. The van der Waals surface area contributed by atoms with Crippen LogP contribution in [0.2, 0.25) is 5.15 Å². The van der Waals surface area contributed by atoms with Gasteiger partial charge in [-0.15, -0.1) is 15.8 Å². The van der Waals surface area contributed by atoms with Gasteiger partial charge in [-0.2, -0.15) is 0 Å². The molecule has 0 bridgehead atoms. The summed E-state index contributed by atoms with van der Waals surface area (Å²) in [5.41, 5.74) is 6.27. The highest BCUT2D eigenvalue weighted by Crippen LogP contribution is 2.37. The number of hydrogen-bond acceptors (Lipinski definition) is 5. The van der Waals surface area contributed by atoms with Crippen molar-refractivity contribution >= 4 is 49.6 Å². The first-order valence-electron chi connectivity index (χ1n) is 7.91. The molecule has 0 radical (unpaired) electrons. The second kappa shape index (κ2) is 6.35. The van der Waals surface area contributed by atoms with Gasteiger partial charge in [-0.05, 0) is 42.1 Å². The van der Waals surface area contributed by atoms with Crippen molar-refractivity contribution in [2.45, 2.75) is 13.0 Å². The number of aryl methyl sites for hydroxylation is 1. The van der Waals surface area contributed by atoms with E-state index in [1.54, 1.807) is 0 Å². The molecule has 2 aromatic heterocycles. The summed E-state index contributed by atoms with van der Waals surface area (Å²) in [6.07, 6.45) is 3.04. The Kier molecular flexibility index (Phi) is 4.27. The molecule has 1 N–H and O–H groups in total. The Bertz CT molecular complexity index is 1120. The molecule has 1 aromatic carbocycles. The summed E-state index contributed by atoms with van der Waals surface area (Å²) in [4.78, 5) is 5.43. The van der Waals surface area contributed by atoms with Crippen molar-refractivity contribution in [3.8, 4) is 0 Å². The van der Waals surface area contributed by atoms with Crippen LogP contribution in [-0.2, 0) is 10.0 Å². The van der Waals surface area contributed by atoms with Gasteiger partial charge in [0.15, 0.2) is 0 Å². The van der Waals surface area contributed by atoms with Crippen LogP contribution in [0.1, 0.15) is 22.0 Å². The minimum atomic E-state index is -3.51. The van der Waals surface area contributed by atoms with Gasteiger partial charge >= 0.3 is 0 Å². The van der Waals surface area contributed by atoms with Gasteiger partial charge < -0.3 is 5.43 Å². The standard InChI is InChI=1S/C18H16ClN3O2S2/c1-11-5-6-12-9-13(18(19)20-14(12)8-11)16-10-15(17-4-3-7-25-17)21-22(16)26(2,23)24/h3-10,16,21H,1-2H3/t16-/m0/s1. The Hall–Kier alpha value is -1.93. The fraction of sp³-hybridized carbons (Fsp3) is 0.167. The number of hydrazine groups is 1. The number of aromatic nitrogens is 1. The Labute approximate surface area is 161 Å². The maximum absolute atomic E-state index is 12.3. The number of benzene rings is 1. The van der Waals surface area contributed by atoms with Crippen molar-refractivity contribution in [1.29, 1.82) is 0 Å². The molecule has 0 spiro atoms. The van der Waals surface area contributed by atoms with Crippen LogP contribution >= 0.6 is 22.9 Å². The van der Waals surface area contributed by atoms with E-state index in [4.69, 9.17) is 11.6 Å². The smallest absolute Gasteiger partial charge is 0.228 e. The van der Waals surface area contributed by atoms with Crippen LogP contribution in [-0.4, -0.2) is 24.1 Å². The number of fused-ring (bicyclic) bond motifs is 1. The van der Waals surface area contributed by atoms with Crippen LogP contribution in [0, 0.1) is 6.92 Å². The van der Waals surface area contributed by atoms with Gasteiger partial charge in [0.2, 0.25) is 10.0 Å².